The van der Waals surface area contributed by atoms with Crippen LogP contribution in [-0.4, -0.2) is 66.3 Å². The zero-order valence-corrected chi connectivity index (χ0v) is 35.8. The first-order valence-electron chi connectivity index (χ1n) is 21.8. The fraction of sp³-hybridized carbons (Fsp3) is 0.756. The molecule has 0 aromatic rings. The van der Waals surface area contributed by atoms with Crippen LogP contribution in [0.2, 0.25) is 0 Å². The second-order valence-corrected chi connectivity index (χ2v) is 15.8. The average Bonchev–Trinajstić information content (AvgIpc) is 3.18. The molecule has 3 unspecified atom stereocenters. The Kier molecular flexibility index (Phi) is 40.4. The maximum atomic E-state index is 12.6. The molecule has 320 valence electrons. The molecule has 3 N–H and O–H groups in total. The van der Waals surface area contributed by atoms with Crippen LogP contribution in [0.5, 0.6) is 0 Å². The van der Waals surface area contributed by atoms with E-state index in [4.69, 9.17) is 23.6 Å². The van der Waals surface area contributed by atoms with E-state index in [-0.39, 0.29) is 13.0 Å². The van der Waals surface area contributed by atoms with Gasteiger partial charge in [-0.25, -0.2) is 4.57 Å². The van der Waals surface area contributed by atoms with Gasteiger partial charge in [-0.05, 0) is 77.0 Å². The minimum Gasteiger partial charge on any atom is -0.457 e. The smallest absolute Gasteiger partial charge is 0.457 e. The van der Waals surface area contributed by atoms with Crippen molar-refractivity contribution in [1.82, 2.24) is 0 Å². The number of hydrogen-bond acceptors (Lipinski definition) is 8. The molecule has 0 radical (unpaired) electrons. The summed E-state index contributed by atoms with van der Waals surface area (Å²) in [6.07, 6.45) is 47.5. The van der Waals surface area contributed by atoms with E-state index in [0.717, 1.165) is 77.0 Å². The first kappa shape index (κ1) is 53.2. The number of phosphoric ester groups is 1. The van der Waals surface area contributed by atoms with Gasteiger partial charge in [0.05, 0.1) is 26.4 Å². The summed E-state index contributed by atoms with van der Waals surface area (Å²) in [5, 5.41) is 18.3. The van der Waals surface area contributed by atoms with Crippen LogP contribution in [0, 0.1) is 0 Å². The Morgan fingerprint density at radius 1 is 0.582 bits per heavy atom. The molecule has 0 saturated carbocycles. The normalized spacial score (nSPS) is 14.6. The summed E-state index contributed by atoms with van der Waals surface area (Å²) in [5.74, 6) is -0.409. The molecule has 0 heterocycles. The Balaban J connectivity index is 4.24. The molecule has 0 aliphatic carbocycles. The molecular weight excluding hydrogens is 715 g/mol. The molecule has 55 heavy (non-hydrogen) atoms. The summed E-state index contributed by atoms with van der Waals surface area (Å²) >= 11 is 0. The molecule has 0 fully saturated rings. The van der Waals surface area contributed by atoms with Crippen molar-refractivity contribution in [2.24, 2.45) is 0 Å². The molecule has 0 amide bonds. The van der Waals surface area contributed by atoms with Crippen LogP contribution in [0.15, 0.2) is 60.8 Å². The Hall–Kier alpha value is -1.84. The van der Waals surface area contributed by atoms with Crippen molar-refractivity contribution in [3.8, 4) is 0 Å². The number of aliphatic hydroxyl groups is 2. The summed E-state index contributed by atoms with van der Waals surface area (Å²) in [6, 6.07) is 0. The zero-order valence-electron chi connectivity index (χ0n) is 34.9. The van der Waals surface area contributed by atoms with E-state index in [0.29, 0.717) is 13.0 Å². The van der Waals surface area contributed by atoms with Gasteiger partial charge in [-0.3, -0.25) is 13.8 Å². The number of hydrogen-bond donors (Lipinski definition) is 3. The van der Waals surface area contributed by atoms with Crippen LogP contribution < -0.4 is 0 Å². The number of carbonyl (C=O) groups is 1. The molecule has 10 heteroatoms. The second kappa shape index (κ2) is 41.8. The van der Waals surface area contributed by atoms with E-state index in [2.05, 4.69) is 74.6 Å². The zero-order chi connectivity index (χ0) is 40.3. The monoisotopic (exact) mass is 797 g/mol. The molecule has 0 aliphatic rings. The number of rotatable bonds is 41. The molecule has 0 rings (SSSR count). The number of ether oxygens (including phenoxy) is 2. The van der Waals surface area contributed by atoms with Crippen molar-refractivity contribution in [1.29, 1.82) is 0 Å². The number of aliphatic hydroxyl groups excluding tert-OH is 2. The van der Waals surface area contributed by atoms with Gasteiger partial charge in [0, 0.05) is 13.0 Å². The largest absolute Gasteiger partial charge is 0.472 e. The fourth-order valence-corrected chi connectivity index (χ4v) is 6.42. The van der Waals surface area contributed by atoms with Crippen molar-refractivity contribution in [2.75, 3.05) is 33.0 Å². The number of unbranched alkanes of at least 4 members (excludes halogenated alkanes) is 17. The van der Waals surface area contributed by atoms with E-state index in [1.807, 2.05) is 0 Å². The summed E-state index contributed by atoms with van der Waals surface area (Å²) < 4.78 is 33.3. The van der Waals surface area contributed by atoms with E-state index in [1.54, 1.807) is 0 Å². The third-order valence-electron chi connectivity index (χ3n) is 8.94. The molecule has 0 aromatic carbocycles. The summed E-state index contributed by atoms with van der Waals surface area (Å²) in [5.41, 5.74) is 0. The molecule has 0 aromatic heterocycles. The molecule has 0 spiro atoms. The molecular formula is C45H81O9P. The van der Waals surface area contributed by atoms with Crippen molar-refractivity contribution in [3.63, 3.8) is 0 Å². The van der Waals surface area contributed by atoms with Gasteiger partial charge in [0.2, 0.25) is 0 Å². The molecule has 0 aliphatic heterocycles. The van der Waals surface area contributed by atoms with E-state index < -0.39 is 45.8 Å². The van der Waals surface area contributed by atoms with Crippen LogP contribution in [-0.2, 0) is 27.9 Å². The Morgan fingerprint density at radius 2 is 1.04 bits per heavy atom. The standard InChI is InChI=1S/C45H81O9P/c1-3-5-7-9-11-13-15-17-19-21-23-25-27-29-31-33-35-37-45(48)54-44(42-53-55(49,50)52-40-43(47)39-46)41-51-38-36-34-32-30-28-26-24-22-20-18-16-14-12-10-8-6-4-2/h5,7,11,13,17,19-20,22-23,25,43-44,46-47H,3-4,6,8-10,12,14-16,18,21,24,26-42H2,1-2H3,(H,49,50)/b7-5-,13-11-,19-17-,22-20-,25-23-. The first-order chi connectivity index (χ1) is 26.8. The summed E-state index contributed by atoms with van der Waals surface area (Å²) in [6.45, 7) is 3.35. The van der Waals surface area contributed by atoms with E-state index >= 15 is 0 Å². The van der Waals surface area contributed by atoms with Crippen LogP contribution in [0.4, 0.5) is 0 Å². The van der Waals surface area contributed by atoms with Crippen LogP contribution in [0.25, 0.3) is 0 Å². The van der Waals surface area contributed by atoms with E-state index in [1.165, 1.54) is 70.6 Å². The number of carbonyl (C=O) groups excluding carboxylic acids is 1. The van der Waals surface area contributed by atoms with Crippen molar-refractivity contribution < 1.29 is 43.0 Å². The third kappa shape index (κ3) is 41.6. The van der Waals surface area contributed by atoms with Gasteiger partial charge in [0.1, 0.15) is 12.2 Å². The number of phosphoric acid groups is 1. The Bertz CT molecular complexity index is 1040. The second-order valence-electron chi connectivity index (χ2n) is 14.3. The highest BCUT2D eigenvalue weighted by Crippen LogP contribution is 2.43. The lowest BCUT2D eigenvalue weighted by molar-refractivity contribution is -0.154. The Morgan fingerprint density at radius 3 is 1.58 bits per heavy atom. The highest BCUT2D eigenvalue weighted by molar-refractivity contribution is 7.47. The highest BCUT2D eigenvalue weighted by atomic mass is 31.2. The first-order valence-corrected chi connectivity index (χ1v) is 23.3. The fourth-order valence-electron chi connectivity index (χ4n) is 5.63. The van der Waals surface area contributed by atoms with Crippen molar-refractivity contribution >= 4 is 13.8 Å². The van der Waals surface area contributed by atoms with Crippen molar-refractivity contribution in [2.45, 2.75) is 187 Å². The van der Waals surface area contributed by atoms with Gasteiger partial charge in [-0.2, -0.15) is 0 Å². The van der Waals surface area contributed by atoms with E-state index in [9.17, 15) is 19.4 Å². The van der Waals surface area contributed by atoms with Gasteiger partial charge in [0.25, 0.3) is 0 Å². The minimum atomic E-state index is -4.53. The lowest BCUT2D eigenvalue weighted by atomic mass is 10.1. The molecule has 0 bridgehead atoms. The minimum absolute atomic E-state index is 0.0328. The average molecular weight is 797 g/mol. The molecule has 3 atom stereocenters. The number of allylic oxidation sites excluding steroid dienone is 10. The van der Waals surface area contributed by atoms with Gasteiger partial charge >= 0.3 is 13.8 Å². The predicted octanol–water partition coefficient (Wildman–Crippen LogP) is 12.0. The predicted molar refractivity (Wildman–Crippen MR) is 228 cm³/mol. The van der Waals surface area contributed by atoms with Crippen molar-refractivity contribution in [3.05, 3.63) is 60.8 Å². The quantitative estimate of drug-likeness (QED) is 0.0239. The van der Waals surface area contributed by atoms with Gasteiger partial charge in [-0.1, -0.05) is 152 Å². The maximum absolute atomic E-state index is 12.6. The van der Waals surface area contributed by atoms with Crippen LogP contribution >= 0.6 is 7.82 Å². The van der Waals surface area contributed by atoms with Gasteiger partial charge in [-0.15, -0.1) is 0 Å². The number of esters is 1. The van der Waals surface area contributed by atoms with Gasteiger partial charge < -0.3 is 24.6 Å². The summed E-state index contributed by atoms with van der Waals surface area (Å²) in [4.78, 5) is 22.6. The lowest BCUT2D eigenvalue weighted by Crippen LogP contribution is -2.29. The van der Waals surface area contributed by atoms with Crippen LogP contribution in [0.3, 0.4) is 0 Å². The molecule has 0 saturated heterocycles. The lowest BCUT2D eigenvalue weighted by Gasteiger charge is -2.20. The third-order valence-corrected chi connectivity index (χ3v) is 9.89. The molecule has 9 nitrogen and oxygen atoms in total. The van der Waals surface area contributed by atoms with Gasteiger partial charge in [0.15, 0.2) is 0 Å². The van der Waals surface area contributed by atoms with Crippen LogP contribution in [0.1, 0.15) is 174 Å². The SMILES string of the molecule is CC/C=C\C/C=C\C/C=C\C/C=C\CCCCCCC(=O)OC(COCCCCCCCC/C=C\CCCCCCCCC)COP(=O)(O)OCC(O)CO. The topological polar surface area (TPSA) is 132 Å². The highest BCUT2D eigenvalue weighted by Gasteiger charge is 2.26. The Labute approximate surface area is 336 Å². The summed E-state index contributed by atoms with van der Waals surface area (Å²) in [7, 11) is -4.53. The maximum Gasteiger partial charge on any atom is 0.472 e.